The highest BCUT2D eigenvalue weighted by Crippen LogP contribution is 2.67. The molecule has 2 fully saturated rings. The lowest BCUT2D eigenvalue weighted by Crippen LogP contribution is -2.49. The molecule has 0 saturated heterocycles. The van der Waals surface area contributed by atoms with E-state index in [1.165, 1.54) is 12.1 Å². The Morgan fingerprint density at radius 2 is 1.76 bits per heavy atom. The number of hydrogen-bond acceptors (Lipinski definition) is 3. The first-order valence-corrected chi connectivity index (χ1v) is 10.4. The first-order chi connectivity index (χ1) is 11.5. The number of nitrogens with one attached hydrogen (secondary N) is 2. The summed E-state index contributed by atoms with van der Waals surface area (Å²) in [4.78, 5) is 12.5. The zero-order valence-corrected chi connectivity index (χ0v) is 16.4. The molecule has 138 valence electrons. The number of sulfonamides is 1. The van der Waals surface area contributed by atoms with Crippen LogP contribution in [0.25, 0.3) is 0 Å². The summed E-state index contributed by atoms with van der Waals surface area (Å²) in [5, 5.41) is 2.95. The van der Waals surface area contributed by atoms with Gasteiger partial charge in [-0.3, -0.25) is 0 Å². The fourth-order valence-electron chi connectivity index (χ4n) is 5.05. The molecule has 0 radical (unpaired) electrons. The first-order valence-electron chi connectivity index (χ1n) is 8.89. The third-order valence-corrected chi connectivity index (χ3v) is 8.55. The van der Waals surface area contributed by atoms with Crippen LogP contribution in [0.3, 0.4) is 0 Å². The van der Waals surface area contributed by atoms with Crippen LogP contribution in [0.5, 0.6) is 0 Å². The number of carbonyl (C=O) groups excluding carboxylic acids is 1. The second-order valence-electron chi connectivity index (χ2n) is 8.49. The van der Waals surface area contributed by atoms with E-state index in [-0.39, 0.29) is 21.8 Å². The summed E-state index contributed by atoms with van der Waals surface area (Å²) in [5.41, 5.74) is 1.28. The molecule has 3 rings (SSSR count). The molecule has 1 aromatic rings. The largest absolute Gasteiger partial charge is 0.334 e. The van der Waals surface area contributed by atoms with Crippen molar-refractivity contribution in [1.82, 2.24) is 10.0 Å². The van der Waals surface area contributed by atoms with E-state index in [0.717, 1.165) is 18.4 Å². The van der Waals surface area contributed by atoms with Crippen molar-refractivity contribution in [2.75, 3.05) is 0 Å². The van der Waals surface area contributed by atoms with E-state index in [1.807, 2.05) is 6.92 Å². The topological polar surface area (TPSA) is 75.3 Å². The van der Waals surface area contributed by atoms with E-state index in [9.17, 15) is 13.2 Å². The Balaban J connectivity index is 1.72. The van der Waals surface area contributed by atoms with E-state index in [1.54, 1.807) is 12.1 Å². The van der Waals surface area contributed by atoms with Gasteiger partial charge in [0, 0.05) is 6.04 Å². The predicted octanol–water partition coefficient (Wildman–Crippen LogP) is 3.44. The van der Waals surface area contributed by atoms with Gasteiger partial charge in [0.15, 0.2) is 0 Å². The minimum atomic E-state index is -3.85. The maximum atomic E-state index is 12.4. The van der Waals surface area contributed by atoms with Crippen LogP contribution in [0, 0.1) is 29.6 Å². The van der Waals surface area contributed by atoms with E-state index in [2.05, 4.69) is 37.7 Å². The number of amides is 2. The molecule has 2 N–H and O–H groups in total. The summed E-state index contributed by atoms with van der Waals surface area (Å²) in [6, 6.07) is 5.82. The monoisotopic (exact) mass is 364 g/mol. The SMILES string of the molecule is Cc1ccc(S(=O)(=O)NC(=O)NC2C3CCC(C)(C2C)C3(C)C)cc1. The number of benzene rings is 1. The molecule has 4 unspecified atom stereocenters. The molecule has 25 heavy (non-hydrogen) atoms. The summed E-state index contributed by atoms with van der Waals surface area (Å²) in [5.74, 6) is 0.689. The van der Waals surface area contributed by atoms with Gasteiger partial charge in [0.2, 0.25) is 0 Å². The average molecular weight is 365 g/mol. The molecule has 2 aliphatic rings. The maximum absolute atomic E-state index is 12.4. The van der Waals surface area contributed by atoms with Crippen molar-refractivity contribution in [3.8, 4) is 0 Å². The lowest BCUT2D eigenvalue weighted by Gasteiger charge is -2.38. The molecule has 0 aliphatic heterocycles. The van der Waals surface area contributed by atoms with Gasteiger partial charge >= 0.3 is 6.03 Å². The van der Waals surface area contributed by atoms with Crippen molar-refractivity contribution < 1.29 is 13.2 Å². The predicted molar refractivity (Wildman–Crippen MR) is 97.6 cm³/mol. The fraction of sp³-hybridized carbons (Fsp3) is 0.632. The highest BCUT2D eigenvalue weighted by Gasteiger charge is 2.64. The number of rotatable bonds is 3. The van der Waals surface area contributed by atoms with Crippen molar-refractivity contribution in [3.63, 3.8) is 0 Å². The number of carbonyl (C=O) groups is 1. The Morgan fingerprint density at radius 1 is 1.16 bits per heavy atom. The third kappa shape index (κ3) is 2.75. The van der Waals surface area contributed by atoms with Gasteiger partial charge in [-0.05, 0) is 54.6 Å². The first kappa shape index (κ1) is 18.2. The van der Waals surface area contributed by atoms with Gasteiger partial charge in [-0.1, -0.05) is 45.4 Å². The van der Waals surface area contributed by atoms with Crippen LogP contribution < -0.4 is 10.0 Å². The van der Waals surface area contributed by atoms with Crippen molar-refractivity contribution in [1.29, 1.82) is 0 Å². The van der Waals surface area contributed by atoms with Gasteiger partial charge in [0.05, 0.1) is 4.90 Å². The molecule has 2 aliphatic carbocycles. The van der Waals surface area contributed by atoms with Gasteiger partial charge < -0.3 is 5.32 Å². The lowest BCUT2D eigenvalue weighted by atomic mass is 9.67. The molecule has 1 aromatic carbocycles. The van der Waals surface area contributed by atoms with Crippen LogP contribution in [0.1, 0.15) is 46.1 Å². The van der Waals surface area contributed by atoms with Gasteiger partial charge in [-0.25, -0.2) is 17.9 Å². The van der Waals surface area contributed by atoms with Crippen LogP contribution >= 0.6 is 0 Å². The van der Waals surface area contributed by atoms with Crippen molar-refractivity contribution in [2.45, 2.75) is 58.4 Å². The summed E-state index contributed by atoms with van der Waals surface area (Å²) in [7, 11) is -3.85. The van der Waals surface area contributed by atoms with E-state index >= 15 is 0 Å². The van der Waals surface area contributed by atoms with Crippen LogP contribution in [0.4, 0.5) is 4.79 Å². The van der Waals surface area contributed by atoms with Crippen LogP contribution in [-0.4, -0.2) is 20.5 Å². The summed E-state index contributed by atoms with van der Waals surface area (Å²) in [6.45, 7) is 10.9. The number of fused-ring (bicyclic) bond motifs is 2. The van der Waals surface area contributed by atoms with Crippen molar-refractivity contribution in [2.24, 2.45) is 22.7 Å². The Morgan fingerprint density at radius 3 is 2.28 bits per heavy atom. The van der Waals surface area contributed by atoms with Crippen LogP contribution in [0.15, 0.2) is 29.2 Å². The molecular formula is C19H28N2O3S. The summed E-state index contributed by atoms with van der Waals surface area (Å²) in [6.07, 6.45) is 2.23. The lowest BCUT2D eigenvalue weighted by molar-refractivity contribution is 0.109. The molecule has 2 bridgehead atoms. The smallest absolute Gasteiger partial charge is 0.328 e. The Kier molecular flexibility index (Phi) is 4.18. The van der Waals surface area contributed by atoms with Crippen LogP contribution in [-0.2, 0) is 10.0 Å². The van der Waals surface area contributed by atoms with E-state index in [0.29, 0.717) is 11.8 Å². The minimum Gasteiger partial charge on any atom is -0.334 e. The Hall–Kier alpha value is -1.56. The molecule has 0 aromatic heterocycles. The van der Waals surface area contributed by atoms with Gasteiger partial charge in [0.25, 0.3) is 10.0 Å². The normalized spacial score (nSPS) is 33.2. The molecule has 0 heterocycles. The van der Waals surface area contributed by atoms with Gasteiger partial charge in [0.1, 0.15) is 0 Å². The maximum Gasteiger partial charge on any atom is 0.328 e. The third-order valence-electron chi connectivity index (χ3n) is 7.21. The minimum absolute atomic E-state index is 0.00182. The van der Waals surface area contributed by atoms with Gasteiger partial charge in [-0.2, -0.15) is 0 Å². The molecule has 6 heteroatoms. The fourth-order valence-corrected chi connectivity index (χ4v) is 5.97. The molecule has 2 saturated carbocycles. The number of hydrogen-bond donors (Lipinski definition) is 2. The zero-order valence-electron chi connectivity index (χ0n) is 15.6. The zero-order chi connectivity index (χ0) is 18.6. The molecular weight excluding hydrogens is 336 g/mol. The van der Waals surface area contributed by atoms with E-state index < -0.39 is 16.1 Å². The van der Waals surface area contributed by atoms with Crippen molar-refractivity contribution >= 4 is 16.1 Å². The highest BCUT2D eigenvalue weighted by atomic mass is 32.2. The van der Waals surface area contributed by atoms with Crippen LogP contribution in [0.2, 0.25) is 0 Å². The highest BCUT2D eigenvalue weighted by molar-refractivity contribution is 7.90. The summed E-state index contributed by atoms with van der Waals surface area (Å²) >= 11 is 0. The second-order valence-corrected chi connectivity index (χ2v) is 10.2. The van der Waals surface area contributed by atoms with Gasteiger partial charge in [-0.15, -0.1) is 0 Å². The number of urea groups is 1. The van der Waals surface area contributed by atoms with Crippen molar-refractivity contribution in [3.05, 3.63) is 29.8 Å². The standard InChI is InChI=1S/C19H28N2O3S/c1-12-6-8-14(9-7-12)25(23,24)21-17(22)20-16-13(2)19(5)11-10-15(16)18(19,3)4/h6-9,13,15-16H,10-11H2,1-5H3,(H2,20,21,22). The Labute approximate surface area is 150 Å². The van der Waals surface area contributed by atoms with E-state index in [4.69, 9.17) is 0 Å². The quantitative estimate of drug-likeness (QED) is 0.863. The molecule has 2 amide bonds. The molecule has 0 spiro atoms. The summed E-state index contributed by atoms with van der Waals surface area (Å²) < 4.78 is 26.9. The Bertz CT molecular complexity index is 785. The number of aryl methyl sites for hydroxylation is 1. The second kappa shape index (κ2) is 5.73. The average Bonchev–Trinajstić information content (AvgIpc) is 2.81. The molecule has 4 atom stereocenters. The molecule has 5 nitrogen and oxygen atoms in total.